The summed E-state index contributed by atoms with van der Waals surface area (Å²) in [7, 11) is -1.79. The lowest BCUT2D eigenvalue weighted by Gasteiger charge is -2.28. The molecule has 0 aliphatic rings. The van der Waals surface area contributed by atoms with Crippen LogP contribution in [0.15, 0.2) is 0 Å². The predicted molar refractivity (Wildman–Crippen MR) is 56.9 cm³/mol. The fraction of sp³-hybridized carbons (Fsp3) is 0.889. The summed E-state index contributed by atoms with van der Waals surface area (Å²) >= 11 is 0. The van der Waals surface area contributed by atoms with E-state index in [-0.39, 0.29) is 11.4 Å². The molecule has 0 aliphatic carbocycles. The van der Waals surface area contributed by atoms with E-state index in [0.717, 1.165) is 0 Å². The van der Waals surface area contributed by atoms with Crippen LogP contribution >= 0.6 is 0 Å². The molecule has 0 amide bonds. The van der Waals surface area contributed by atoms with Gasteiger partial charge in [0.1, 0.15) is 6.04 Å². The van der Waals surface area contributed by atoms with Crippen molar-refractivity contribution in [3.05, 3.63) is 0 Å². The fourth-order valence-corrected chi connectivity index (χ4v) is 1.45. The van der Waals surface area contributed by atoms with Crippen LogP contribution in [0.3, 0.4) is 0 Å². The second-order valence-electron chi connectivity index (χ2n) is 5.38. The molecule has 0 bridgehead atoms. The molecule has 3 nitrogen and oxygen atoms in total. The Labute approximate surface area is 81.8 Å². The summed E-state index contributed by atoms with van der Waals surface area (Å²) in [5.41, 5.74) is 5.52. The highest BCUT2D eigenvalue weighted by atomic mass is 28.4. The van der Waals surface area contributed by atoms with Crippen molar-refractivity contribution in [3.63, 3.8) is 0 Å². The lowest BCUT2D eigenvalue weighted by atomic mass is 9.88. The van der Waals surface area contributed by atoms with Gasteiger partial charge < -0.3 is 10.2 Å². The molecule has 0 rings (SSSR count). The summed E-state index contributed by atoms with van der Waals surface area (Å²) in [5, 5.41) is 0. The highest BCUT2D eigenvalue weighted by Gasteiger charge is 2.31. The molecule has 1 atom stereocenters. The van der Waals surface area contributed by atoms with Crippen molar-refractivity contribution in [2.45, 2.75) is 46.5 Å². The molecule has 0 aliphatic heterocycles. The van der Waals surface area contributed by atoms with Crippen molar-refractivity contribution in [2.75, 3.05) is 0 Å². The molecule has 2 N–H and O–H groups in total. The zero-order chi connectivity index (χ0) is 10.9. The Bertz CT molecular complexity index is 191. The molecule has 0 radical (unpaired) electrons. The highest BCUT2D eigenvalue weighted by molar-refractivity contribution is 6.71. The van der Waals surface area contributed by atoms with Gasteiger partial charge in [-0.2, -0.15) is 0 Å². The third-order valence-corrected chi connectivity index (χ3v) is 2.41. The maximum atomic E-state index is 11.5. The molecule has 0 aromatic carbocycles. The van der Waals surface area contributed by atoms with E-state index in [1.807, 2.05) is 40.4 Å². The molecular formula is C9H21NO2Si. The van der Waals surface area contributed by atoms with Gasteiger partial charge in [0.25, 0.3) is 0 Å². The largest absolute Gasteiger partial charge is 0.519 e. The summed E-state index contributed by atoms with van der Waals surface area (Å²) in [6, 6.07) is -0.528. The van der Waals surface area contributed by atoms with Crippen LogP contribution in [-0.2, 0) is 9.22 Å². The first kappa shape index (κ1) is 12.6. The van der Waals surface area contributed by atoms with Crippen LogP contribution in [0, 0.1) is 5.41 Å². The molecule has 13 heavy (non-hydrogen) atoms. The quantitative estimate of drug-likeness (QED) is 0.695. The van der Waals surface area contributed by atoms with E-state index in [9.17, 15) is 4.79 Å². The maximum Gasteiger partial charge on any atom is 0.310 e. The van der Waals surface area contributed by atoms with Crippen molar-refractivity contribution in [1.82, 2.24) is 0 Å². The van der Waals surface area contributed by atoms with E-state index >= 15 is 0 Å². The van der Waals surface area contributed by atoms with E-state index in [2.05, 4.69) is 0 Å². The topological polar surface area (TPSA) is 52.3 Å². The van der Waals surface area contributed by atoms with Gasteiger partial charge in [0.2, 0.25) is 8.32 Å². The first-order valence-corrected chi connectivity index (χ1v) is 7.93. The van der Waals surface area contributed by atoms with Crippen LogP contribution < -0.4 is 5.73 Å². The number of carbonyl (C=O) groups is 1. The van der Waals surface area contributed by atoms with Gasteiger partial charge in [0.15, 0.2) is 0 Å². The Kier molecular flexibility index (Phi) is 3.69. The van der Waals surface area contributed by atoms with Crippen LogP contribution in [0.4, 0.5) is 0 Å². The molecule has 0 aromatic heterocycles. The third kappa shape index (κ3) is 5.05. The monoisotopic (exact) mass is 203 g/mol. The van der Waals surface area contributed by atoms with Crippen molar-refractivity contribution in [3.8, 4) is 0 Å². The average molecular weight is 203 g/mol. The maximum absolute atomic E-state index is 11.5. The second-order valence-corrected chi connectivity index (χ2v) is 9.81. The van der Waals surface area contributed by atoms with Gasteiger partial charge in [0.05, 0.1) is 0 Å². The van der Waals surface area contributed by atoms with Gasteiger partial charge in [-0.15, -0.1) is 0 Å². The van der Waals surface area contributed by atoms with Gasteiger partial charge in [-0.3, -0.25) is 4.79 Å². The van der Waals surface area contributed by atoms with Gasteiger partial charge in [-0.1, -0.05) is 20.8 Å². The number of nitrogens with two attached hydrogens (primary N) is 1. The lowest BCUT2D eigenvalue weighted by molar-refractivity contribution is -0.139. The van der Waals surface area contributed by atoms with Crippen LogP contribution in [-0.4, -0.2) is 20.3 Å². The Hall–Kier alpha value is -0.353. The molecular weight excluding hydrogens is 182 g/mol. The van der Waals surface area contributed by atoms with Crippen molar-refractivity contribution in [1.29, 1.82) is 0 Å². The van der Waals surface area contributed by atoms with E-state index in [4.69, 9.17) is 10.2 Å². The zero-order valence-electron chi connectivity index (χ0n) is 9.47. The summed E-state index contributed by atoms with van der Waals surface area (Å²) in [4.78, 5) is 11.5. The molecule has 78 valence electrons. The van der Waals surface area contributed by atoms with Gasteiger partial charge >= 0.3 is 5.97 Å². The van der Waals surface area contributed by atoms with Crippen LogP contribution in [0.25, 0.3) is 0 Å². The summed E-state index contributed by atoms with van der Waals surface area (Å²) in [5.74, 6) is -0.272. The Balaban J connectivity index is 4.30. The number of carbonyl (C=O) groups excluding carboxylic acids is 1. The minimum atomic E-state index is -1.79. The predicted octanol–water partition coefficient (Wildman–Crippen LogP) is 1.74. The third-order valence-electron chi connectivity index (χ3n) is 1.59. The summed E-state index contributed by atoms with van der Waals surface area (Å²) in [6.07, 6.45) is 0. The van der Waals surface area contributed by atoms with Crippen molar-refractivity contribution in [2.24, 2.45) is 11.1 Å². The first-order chi connectivity index (χ1) is 5.54. The van der Waals surface area contributed by atoms with E-state index in [1.54, 1.807) is 0 Å². The number of rotatable bonds is 2. The molecule has 0 unspecified atom stereocenters. The zero-order valence-corrected chi connectivity index (χ0v) is 10.5. The van der Waals surface area contributed by atoms with Crippen molar-refractivity contribution >= 4 is 14.3 Å². The Morgan fingerprint density at radius 1 is 1.31 bits per heavy atom. The average Bonchev–Trinajstić information content (AvgIpc) is 1.79. The molecule has 0 aromatic rings. The number of hydrogen-bond acceptors (Lipinski definition) is 3. The van der Waals surface area contributed by atoms with Crippen molar-refractivity contribution < 1.29 is 9.22 Å². The number of hydrogen-bond donors (Lipinski definition) is 1. The highest BCUT2D eigenvalue weighted by Crippen LogP contribution is 2.19. The molecule has 0 saturated carbocycles. The SMILES string of the molecule is CC(C)(C)[C@H](N)C(=O)O[Si](C)(C)C. The molecule has 0 saturated heterocycles. The Morgan fingerprint density at radius 3 is 1.92 bits per heavy atom. The summed E-state index contributed by atoms with van der Waals surface area (Å²) < 4.78 is 5.30. The minimum absolute atomic E-state index is 0.225. The standard InChI is InChI=1S/C9H21NO2Si/c1-9(2,3)7(10)8(11)12-13(4,5)6/h7H,10H2,1-6H3/t7-/m1/s1. The fourth-order valence-electron chi connectivity index (χ4n) is 0.719. The van der Waals surface area contributed by atoms with Crippen LogP contribution in [0.2, 0.25) is 19.6 Å². The normalized spacial score (nSPS) is 15.3. The first-order valence-electron chi connectivity index (χ1n) is 4.52. The second kappa shape index (κ2) is 3.80. The van der Waals surface area contributed by atoms with Gasteiger partial charge in [-0.25, -0.2) is 0 Å². The summed E-state index contributed by atoms with van der Waals surface area (Å²) in [6.45, 7) is 11.7. The van der Waals surface area contributed by atoms with Gasteiger partial charge in [-0.05, 0) is 25.1 Å². The molecule has 0 spiro atoms. The van der Waals surface area contributed by atoms with E-state index < -0.39 is 14.4 Å². The van der Waals surface area contributed by atoms with E-state index in [0.29, 0.717) is 0 Å². The van der Waals surface area contributed by atoms with Crippen LogP contribution in [0.5, 0.6) is 0 Å². The molecule has 0 heterocycles. The van der Waals surface area contributed by atoms with Gasteiger partial charge in [0, 0.05) is 0 Å². The molecule has 4 heteroatoms. The Morgan fingerprint density at radius 2 is 1.69 bits per heavy atom. The van der Waals surface area contributed by atoms with Crippen LogP contribution in [0.1, 0.15) is 20.8 Å². The minimum Gasteiger partial charge on any atom is -0.519 e. The van der Waals surface area contributed by atoms with E-state index in [1.165, 1.54) is 0 Å². The molecule has 0 fully saturated rings. The lowest BCUT2D eigenvalue weighted by Crippen LogP contribution is -2.46. The smallest absolute Gasteiger partial charge is 0.310 e.